The molecule has 0 aliphatic rings. The van der Waals surface area contributed by atoms with Gasteiger partial charge in [-0.25, -0.2) is 0 Å². The molecular formula is C12H25NO2. The molecule has 0 fully saturated rings. The quantitative estimate of drug-likeness (QED) is 0.682. The number of carbonyl (C=O) groups excluding carboxylic acids is 1. The number of aliphatic hydroxyl groups is 1. The molecule has 0 aliphatic heterocycles. The van der Waals surface area contributed by atoms with Gasteiger partial charge in [0, 0.05) is 19.1 Å². The predicted molar refractivity (Wildman–Crippen MR) is 62.6 cm³/mol. The Morgan fingerprint density at radius 1 is 1.33 bits per heavy atom. The smallest absolute Gasteiger partial charge is 0.223 e. The van der Waals surface area contributed by atoms with Crippen molar-refractivity contribution in [1.82, 2.24) is 5.32 Å². The van der Waals surface area contributed by atoms with Crippen LogP contribution in [0.5, 0.6) is 0 Å². The van der Waals surface area contributed by atoms with Crippen molar-refractivity contribution in [2.75, 3.05) is 13.2 Å². The molecule has 0 spiro atoms. The van der Waals surface area contributed by atoms with Crippen LogP contribution in [-0.2, 0) is 4.79 Å². The molecule has 90 valence electrons. The lowest BCUT2D eigenvalue weighted by Crippen LogP contribution is -2.37. The van der Waals surface area contributed by atoms with Crippen molar-refractivity contribution >= 4 is 5.91 Å². The minimum atomic E-state index is -0.0174. The van der Waals surface area contributed by atoms with Crippen molar-refractivity contribution in [3.05, 3.63) is 0 Å². The molecule has 0 unspecified atom stereocenters. The number of nitrogens with one attached hydrogen (secondary N) is 1. The zero-order valence-electron chi connectivity index (χ0n) is 10.5. The maximum Gasteiger partial charge on any atom is 0.223 e. The van der Waals surface area contributed by atoms with Crippen LogP contribution in [0.1, 0.15) is 47.0 Å². The van der Waals surface area contributed by atoms with E-state index < -0.39 is 0 Å². The van der Waals surface area contributed by atoms with E-state index in [1.807, 2.05) is 13.8 Å². The number of amides is 1. The van der Waals surface area contributed by atoms with E-state index >= 15 is 0 Å². The van der Waals surface area contributed by atoms with Crippen molar-refractivity contribution in [1.29, 1.82) is 0 Å². The Labute approximate surface area is 93.3 Å². The summed E-state index contributed by atoms with van der Waals surface area (Å²) in [7, 11) is 0. The Hall–Kier alpha value is -0.570. The summed E-state index contributed by atoms with van der Waals surface area (Å²) >= 11 is 0. The maximum absolute atomic E-state index is 11.7. The van der Waals surface area contributed by atoms with Crippen molar-refractivity contribution in [2.24, 2.45) is 11.3 Å². The third-order valence-corrected chi connectivity index (χ3v) is 2.89. The minimum absolute atomic E-state index is 0.0174. The van der Waals surface area contributed by atoms with Gasteiger partial charge in [0.15, 0.2) is 0 Å². The molecule has 3 heteroatoms. The first kappa shape index (κ1) is 14.4. The van der Waals surface area contributed by atoms with E-state index in [0.29, 0.717) is 6.54 Å². The second-order valence-corrected chi connectivity index (χ2v) is 4.87. The fourth-order valence-electron chi connectivity index (χ4n) is 1.52. The van der Waals surface area contributed by atoms with Crippen molar-refractivity contribution in [3.8, 4) is 0 Å². The summed E-state index contributed by atoms with van der Waals surface area (Å²) in [5.41, 5.74) is -0.0174. The lowest BCUT2D eigenvalue weighted by molar-refractivity contribution is -0.125. The van der Waals surface area contributed by atoms with Crippen LogP contribution in [0, 0.1) is 11.3 Å². The topological polar surface area (TPSA) is 49.3 Å². The van der Waals surface area contributed by atoms with Gasteiger partial charge in [-0.05, 0) is 24.7 Å². The fourth-order valence-corrected chi connectivity index (χ4v) is 1.52. The van der Waals surface area contributed by atoms with Crippen molar-refractivity contribution < 1.29 is 9.90 Å². The van der Waals surface area contributed by atoms with E-state index in [2.05, 4.69) is 19.2 Å². The van der Waals surface area contributed by atoms with Crippen molar-refractivity contribution in [3.63, 3.8) is 0 Å². The second kappa shape index (κ2) is 6.83. The summed E-state index contributed by atoms with van der Waals surface area (Å²) in [6, 6.07) is 0. The van der Waals surface area contributed by atoms with Gasteiger partial charge >= 0.3 is 0 Å². The highest BCUT2D eigenvalue weighted by atomic mass is 16.3. The standard InChI is InChI=1S/C12H25NO2/c1-5-10(6-2)11(15)13-9-12(3,4)7-8-14/h10,14H,5-9H2,1-4H3,(H,13,15). The molecule has 0 aliphatic carbocycles. The van der Waals surface area contributed by atoms with Crippen LogP contribution in [0.15, 0.2) is 0 Å². The maximum atomic E-state index is 11.7. The Morgan fingerprint density at radius 3 is 2.27 bits per heavy atom. The van der Waals surface area contributed by atoms with Gasteiger partial charge in [0.25, 0.3) is 0 Å². The molecule has 0 saturated heterocycles. The average molecular weight is 215 g/mol. The lowest BCUT2D eigenvalue weighted by Gasteiger charge is -2.25. The summed E-state index contributed by atoms with van der Waals surface area (Å²) < 4.78 is 0. The van der Waals surface area contributed by atoms with Crippen LogP contribution in [0.4, 0.5) is 0 Å². The Morgan fingerprint density at radius 2 is 1.87 bits per heavy atom. The van der Waals surface area contributed by atoms with E-state index in [0.717, 1.165) is 19.3 Å². The highest BCUT2D eigenvalue weighted by Gasteiger charge is 2.20. The average Bonchev–Trinajstić information content (AvgIpc) is 2.17. The van der Waals surface area contributed by atoms with Crippen LogP contribution >= 0.6 is 0 Å². The number of aliphatic hydroxyl groups excluding tert-OH is 1. The molecule has 0 saturated carbocycles. The van der Waals surface area contributed by atoms with Crippen molar-refractivity contribution in [2.45, 2.75) is 47.0 Å². The van der Waals surface area contributed by atoms with E-state index in [-0.39, 0.29) is 23.8 Å². The number of hydrogen-bond acceptors (Lipinski definition) is 2. The van der Waals surface area contributed by atoms with Crippen LogP contribution in [0.3, 0.4) is 0 Å². The summed E-state index contributed by atoms with van der Waals surface area (Å²) in [5, 5.41) is 11.8. The van der Waals surface area contributed by atoms with E-state index in [1.165, 1.54) is 0 Å². The summed E-state index contributed by atoms with van der Waals surface area (Å²) in [5.74, 6) is 0.279. The SMILES string of the molecule is CCC(CC)C(=O)NCC(C)(C)CCO. The molecule has 0 aromatic rings. The molecule has 0 heterocycles. The Bertz CT molecular complexity index is 186. The lowest BCUT2D eigenvalue weighted by atomic mass is 9.89. The molecule has 0 aromatic carbocycles. The van der Waals surface area contributed by atoms with Gasteiger partial charge in [-0.2, -0.15) is 0 Å². The van der Waals surface area contributed by atoms with Gasteiger partial charge < -0.3 is 10.4 Å². The first-order valence-corrected chi connectivity index (χ1v) is 5.85. The van der Waals surface area contributed by atoms with Crippen LogP contribution in [0.2, 0.25) is 0 Å². The second-order valence-electron chi connectivity index (χ2n) is 4.87. The summed E-state index contributed by atoms with van der Waals surface area (Å²) in [4.78, 5) is 11.7. The van der Waals surface area contributed by atoms with Crippen LogP contribution in [-0.4, -0.2) is 24.2 Å². The van der Waals surface area contributed by atoms with Crippen LogP contribution < -0.4 is 5.32 Å². The molecule has 1 amide bonds. The molecule has 2 N–H and O–H groups in total. The molecule has 0 radical (unpaired) electrons. The number of rotatable bonds is 7. The third kappa shape index (κ3) is 5.78. The van der Waals surface area contributed by atoms with E-state index in [9.17, 15) is 4.79 Å². The largest absolute Gasteiger partial charge is 0.396 e. The highest BCUT2D eigenvalue weighted by molar-refractivity contribution is 5.78. The molecule has 0 atom stereocenters. The first-order chi connectivity index (χ1) is 6.96. The van der Waals surface area contributed by atoms with Crippen LogP contribution in [0.25, 0.3) is 0 Å². The van der Waals surface area contributed by atoms with E-state index in [1.54, 1.807) is 0 Å². The summed E-state index contributed by atoms with van der Waals surface area (Å²) in [6.07, 6.45) is 2.50. The van der Waals surface area contributed by atoms with Gasteiger partial charge in [-0.3, -0.25) is 4.79 Å². The van der Waals surface area contributed by atoms with Gasteiger partial charge in [0.1, 0.15) is 0 Å². The molecule has 0 bridgehead atoms. The Kier molecular flexibility index (Phi) is 6.57. The minimum Gasteiger partial charge on any atom is -0.396 e. The zero-order chi connectivity index (χ0) is 11.9. The molecule has 3 nitrogen and oxygen atoms in total. The fraction of sp³-hybridized carbons (Fsp3) is 0.917. The highest BCUT2D eigenvalue weighted by Crippen LogP contribution is 2.18. The number of carbonyl (C=O) groups is 1. The van der Waals surface area contributed by atoms with Gasteiger partial charge in [0.05, 0.1) is 0 Å². The first-order valence-electron chi connectivity index (χ1n) is 5.85. The van der Waals surface area contributed by atoms with E-state index in [4.69, 9.17) is 5.11 Å². The zero-order valence-corrected chi connectivity index (χ0v) is 10.5. The normalized spacial score (nSPS) is 11.9. The molecular weight excluding hydrogens is 190 g/mol. The Balaban J connectivity index is 3.98. The van der Waals surface area contributed by atoms with Gasteiger partial charge in [-0.15, -0.1) is 0 Å². The third-order valence-electron chi connectivity index (χ3n) is 2.89. The monoisotopic (exact) mass is 215 g/mol. The molecule has 0 rings (SSSR count). The van der Waals surface area contributed by atoms with Gasteiger partial charge in [0.2, 0.25) is 5.91 Å². The summed E-state index contributed by atoms with van der Waals surface area (Å²) in [6.45, 7) is 8.99. The molecule has 15 heavy (non-hydrogen) atoms. The number of hydrogen-bond donors (Lipinski definition) is 2. The molecule has 0 aromatic heterocycles. The van der Waals surface area contributed by atoms with Gasteiger partial charge in [-0.1, -0.05) is 27.7 Å². The predicted octanol–water partition coefficient (Wildman–Crippen LogP) is 1.95.